The molecule has 16 heavy (non-hydrogen) atoms. The van der Waals surface area contributed by atoms with Crippen LogP contribution in [0.2, 0.25) is 38.8 Å². The maximum atomic E-state index is 6.04. The zero-order chi connectivity index (χ0) is 12.8. The lowest BCUT2D eigenvalue weighted by Gasteiger charge is -2.32. The van der Waals surface area contributed by atoms with E-state index in [0.717, 1.165) is 11.5 Å². The molecule has 0 spiro atoms. The third-order valence-corrected chi connectivity index (χ3v) is 10.7. The number of hydrogen-bond donors (Lipinski definition) is 0. The molecular formula is C12H30OSSi2. The molecule has 0 saturated carbocycles. The molecule has 0 rings (SSSR count). The molecule has 1 unspecified atom stereocenters. The molecule has 0 fully saturated rings. The van der Waals surface area contributed by atoms with Crippen molar-refractivity contribution in [3.63, 3.8) is 0 Å². The van der Waals surface area contributed by atoms with Gasteiger partial charge in [-0.2, -0.15) is 11.8 Å². The number of thioether (sulfide) groups is 1. The summed E-state index contributed by atoms with van der Waals surface area (Å²) in [6, 6.07) is 1.44. The van der Waals surface area contributed by atoms with Crippen LogP contribution in [0, 0.1) is 0 Å². The average Bonchev–Trinajstić information content (AvgIpc) is 2.10. The Morgan fingerprint density at radius 3 is 2.00 bits per heavy atom. The predicted molar refractivity (Wildman–Crippen MR) is 83.8 cm³/mol. The molecule has 1 nitrogen and oxygen atoms in total. The molecule has 0 radical (unpaired) electrons. The van der Waals surface area contributed by atoms with Crippen molar-refractivity contribution in [1.29, 1.82) is 0 Å². The predicted octanol–water partition coefficient (Wildman–Crippen LogP) is 4.62. The fourth-order valence-electron chi connectivity index (χ4n) is 1.86. The Kier molecular flexibility index (Phi) is 7.58. The van der Waals surface area contributed by atoms with E-state index in [9.17, 15) is 0 Å². The molecule has 0 aromatic heterocycles. The molecule has 0 saturated heterocycles. The van der Waals surface area contributed by atoms with Gasteiger partial charge in [-0.1, -0.05) is 32.6 Å². The van der Waals surface area contributed by atoms with Crippen molar-refractivity contribution >= 4 is 28.2 Å². The monoisotopic (exact) mass is 278 g/mol. The fraction of sp³-hybridized carbons (Fsp3) is 1.00. The van der Waals surface area contributed by atoms with Crippen molar-refractivity contribution in [2.45, 2.75) is 63.9 Å². The van der Waals surface area contributed by atoms with Gasteiger partial charge in [-0.25, -0.2) is 0 Å². The van der Waals surface area contributed by atoms with Crippen LogP contribution in [-0.4, -0.2) is 33.6 Å². The lowest BCUT2D eigenvalue weighted by molar-refractivity contribution is 0.327. The molecule has 0 aliphatic carbocycles. The van der Waals surface area contributed by atoms with Crippen LogP contribution in [0.25, 0.3) is 0 Å². The average molecular weight is 279 g/mol. The van der Waals surface area contributed by atoms with Crippen molar-refractivity contribution in [1.82, 2.24) is 0 Å². The minimum atomic E-state index is -1.47. The summed E-state index contributed by atoms with van der Waals surface area (Å²) in [6.07, 6.45) is 1.37. The quantitative estimate of drug-likeness (QED) is 0.599. The van der Waals surface area contributed by atoms with Gasteiger partial charge in [0.1, 0.15) is 0 Å². The summed E-state index contributed by atoms with van der Waals surface area (Å²) >= 11 is 2.12. The van der Waals surface area contributed by atoms with E-state index < -0.39 is 16.4 Å². The van der Waals surface area contributed by atoms with E-state index in [1.807, 2.05) is 0 Å². The van der Waals surface area contributed by atoms with Crippen LogP contribution in [-0.2, 0) is 4.43 Å². The first-order chi connectivity index (χ1) is 7.23. The second-order valence-corrected chi connectivity index (χ2v) is 17.8. The van der Waals surface area contributed by atoms with E-state index in [-0.39, 0.29) is 0 Å². The highest BCUT2D eigenvalue weighted by molar-refractivity contribution is 8.01. The minimum Gasteiger partial charge on any atom is -0.417 e. The molecule has 0 aromatic carbocycles. The van der Waals surface area contributed by atoms with E-state index in [2.05, 4.69) is 58.3 Å². The topological polar surface area (TPSA) is 9.23 Å². The summed E-state index contributed by atoms with van der Waals surface area (Å²) in [6.45, 7) is 17.4. The smallest absolute Gasteiger partial charge is 0.199 e. The van der Waals surface area contributed by atoms with Crippen molar-refractivity contribution in [3.8, 4) is 0 Å². The first kappa shape index (κ1) is 16.7. The van der Waals surface area contributed by atoms with Gasteiger partial charge in [0.15, 0.2) is 8.32 Å². The van der Waals surface area contributed by atoms with E-state index in [1.54, 1.807) is 0 Å². The van der Waals surface area contributed by atoms with Crippen LogP contribution in [0.5, 0.6) is 0 Å². The van der Waals surface area contributed by atoms with Crippen molar-refractivity contribution < 1.29 is 4.43 Å². The first-order valence-electron chi connectivity index (χ1n) is 6.48. The fourth-order valence-corrected chi connectivity index (χ4v) is 8.28. The third kappa shape index (κ3) is 7.14. The number of hydrogen-bond acceptors (Lipinski definition) is 2. The summed E-state index contributed by atoms with van der Waals surface area (Å²) < 4.78 is 6.04. The van der Waals surface area contributed by atoms with Crippen LogP contribution >= 0.6 is 11.8 Å². The van der Waals surface area contributed by atoms with E-state index in [4.69, 9.17) is 4.43 Å². The molecular weight excluding hydrogens is 248 g/mol. The molecule has 0 amide bonds. The summed E-state index contributed by atoms with van der Waals surface area (Å²) in [5.74, 6) is 1.22. The Balaban J connectivity index is 4.36. The van der Waals surface area contributed by atoms with Crippen LogP contribution in [0.1, 0.15) is 20.3 Å². The lowest BCUT2D eigenvalue weighted by Crippen LogP contribution is -2.44. The zero-order valence-corrected chi connectivity index (χ0v) is 15.0. The Hall–Kier alpha value is 0.744. The maximum Gasteiger partial charge on any atom is 0.199 e. The highest BCUT2D eigenvalue weighted by Gasteiger charge is 2.34. The highest BCUT2D eigenvalue weighted by atomic mass is 32.2. The van der Waals surface area contributed by atoms with Gasteiger partial charge in [0, 0.05) is 19.6 Å². The van der Waals surface area contributed by atoms with Crippen LogP contribution < -0.4 is 0 Å². The third-order valence-electron chi connectivity index (χ3n) is 2.82. The van der Waals surface area contributed by atoms with Crippen LogP contribution in [0.15, 0.2) is 0 Å². The van der Waals surface area contributed by atoms with Gasteiger partial charge < -0.3 is 4.43 Å². The van der Waals surface area contributed by atoms with Crippen LogP contribution in [0.3, 0.4) is 0 Å². The normalized spacial score (nSPS) is 15.2. The van der Waals surface area contributed by atoms with Crippen LogP contribution in [0.4, 0.5) is 0 Å². The largest absolute Gasteiger partial charge is 0.417 e. The molecule has 0 aliphatic rings. The van der Waals surface area contributed by atoms with E-state index in [1.165, 1.54) is 18.2 Å². The molecule has 0 aromatic rings. The molecule has 98 valence electrons. The molecule has 0 N–H and O–H groups in total. The van der Waals surface area contributed by atoms with E-state index >= 15 is 0 Å². The Morgan fingerprint density at radius 2 is 1.62 bits per heavy atom. The van der Waals surface area contributed by atoms with E-state index in [0.29, 0.717) is 0 Å². The Bertz CT molecular complexity index is 190. The SMILES string of the molecule is CCO[Si](C)(C)C(CC[Si](C)(C)C)SCC. The van der Waals surface area contributed by atoms with Gasteiger partial charge in [-0.15, -0.1) is 0 Å². The molecule has 4 heteroatoms. The second-order valence-electron chi connectivity index (χ2n) is 6.08. The molecule has 0 heterocycles. The van der Waals surface area contributed by atoms with Gasteiger partial charge in [0.2, 0.25) is 0 Å². The summed E-state index contributed by atoms with van der Waals surface area (Å²) in [7, 11) is -2.37. The van der Waals surface area contributed by atoms with Gasteiger partial charge in [-0.05, 0) is 32.2 Å². The minimum absolute atomic E-state index is 0.782. The van der Waals surface area contributed by atoms with Gasteiger partial charge in [-0.3, -0.25) is 0 Å². The Morgan fingerprint density at radius 1 is 1.06 bits per heavy atom. The number of rotatable bonds is 8. The van der Waals surface area contributed by atoms with Crippen molar-refractivity contribution in [3.05, 3.63) is 0 Å². The first-order valence-corrected chi connectivity index (χ1v) is 14.2. The van der Waals surface area contributed by atoms with Crippen molar-refractivity contribution in [2.24, 2.45) is 0 Å². The summed E-state index contributed by atoms with van der Waals surface area (Å²) in [5, 5.41) is 0. The zero-order valence-electron chi connectivity index (χ0n) is 12.2. The van der Waals surface area contributed by atoms with Gasteiger partial charge in [0.25, 0.3) is 0 Å². The highest BCUT2D eigenvalue weighted by Crippen LogP contribution is 2.29. The molecule has 0 aliphatic heterocycles. The second kappa shape index (κ2) is 7.24. The molecule has 0 bridgehead atoms. The summed E-state index contributed by atoms with van der Waals surface area (Å²) in [5.41, 5.74) is 0. The van der Waals surface area contributed by atoms with Gasteiger partial charge in [0.05, 0.1) is 0 Å². The standard InChI is InChI=1S/C12H30OSSi2/c1-8-13-16(6,7)12(14-9-2)10-11-15(3,4)5/h12H,8-11H2,1-7H3. The maximum absolute atomic E-state index is 6.04. The van der Waals surface area contributed by atoms with Gasteiger partial charge >= 0.3 is 0 Å². The summed E-state index contributed by atoms with van der Waals surface area (Å²) in [4.78, 5) is 0.782. The van der Waals surface area contributed by atoms with Crippen molar-refractivity contribution in [2.75, 3.05) is 12.4 Å². The Labute approximate surface area is 109 Å². The molecule has 1 atom stereocenters. The lowest BCUT2D eigenvalue weighted by atomic mass is 10.6.